The van der Waals surface area contributed by atoms with Gasteiger partial charge in [-0.3, -0.25) is 0 Å². The van der Waals surface area contributed by atoms with Crippen molar-refractivity contribution in [2.75, 3.05) is 20.3 Å². The first-order chi connectivity index (χ1) is 15.9. The van der Waals surface area contributed by atoms with Gasteiger partial charge in [-0.2, -0.15) is 0 Å². The number of carbonyl (C=O) groups is 2. The summed E-state index contributed by atoms with van der Waals surface area (Å²) in [6.45, 7) is 4.31. The predicted octanol–water partition coefficient (Wildman–Crippen LogP) is 5.60. The van der Waals surface area contributed by atoms with Gasteiger partial charge >= 0.3 is 11.9 Å². The number of ether oxygens (including phenoxy) is 3. The third kappa shape index (κ3) is 5.97. The molecule has 8 heteroatoms. The van der Waals surface area contributed by atoms with Crippen LogP contribution in [0.5, 0.6) is 5.75 Å². The number of rotatable bonds is 8. The molecule has 0 aromatic heterocycles. The van der Waals surface area contributed by atoms with Crippen LogP contribution in [-0.4, -0.2) is 37.2 Å². The van der Waals surface area contributed by atoms with Gasteiger partial charge in [0.25, 0.3) is 0 Å². The predicted molar refractivity (Wildman–Crippen MR) is 130 cm³/mol. The lowest BCUT2D eigenvalue weighted by atomic mass is 9.82. The summed E-state index contributed by atoms with van der Waals surface area (Å²) in [5.74, 6) is -1.21. The van der Waals surface area contributed by atoms with Crippen LogP contribution in [0.25, 0.3) is 0 Å². The maximum Gasteiger partial charge on any atom is 0.336 e. The fraction of sp³-hybridized carbons (Fsp3) is 0.280. The van der Waals surface area contributed by atoms with Crippen LogP contribution in [-0.2, 0) is 25.6 Å². The van der Waals surface area contributed by atoms with Crippen LogP contribution in [0.15, 0.2) is 70.5 Å². The lowest BCUT2D eigenvalue weighted by Gasteiger charge is -2.31. The van der Waals surface area contributed by atoms with Crippen LogP contribution in [0.3, 0.4) is 0 Å². The molecular formula is C25H25BrClNO5. The molecule has 0 saturated heterocycles. The smallest absolute Gasteiger partial charge is 0.336 e. The summed E-state index contributed by atoms with van der Waals surface area (Å²) in [7, 11) is 1.55. The molecule has 1 heterocycles. The Kier molecular flexibility index (Phi) is 8.58. The van der Waals surface area contributed by atoms with Crippen LogP contribution < -0.4 is 4.74 Å². The van der Waals surface area contributed by atoms with E-state index in [0.717, 1.165) is 10.0 Å². The number of esters is 2. The molecule has 0 saturated carbocycles. The van der Waals surface area contributed by atoms with Crippen molar-refractivity contribution in [3.8, 4) is 5.75 Å². The minimum absolute atomic E-state index is 0.203. The van der Waals surface area contributed by atoms with Gasteiger partial charge in [0.05, 0.1) is 37.4 Å². The zero-order valence-electron chi connectivity index (χ0n) is 18.6. The SMILES string of the molecule is CCOC(=O)C1=CN(Cc2ccc(Cl)cc2)C=C(C(=O)OCC)C1c1cc(Br)ccc1OC. The van der Waals surface area contributed by atoms with Gasteiger partial charge in [0.1, 0.15) is 5.75 Å². The Labute approximate surface area is 206 Å². The summed E-state index contributed by atoms with van der Waals surface area (Å²) >= 11 is 9.49. The topological polar surface area (TPSA) is 65.1 Å². The van der Waals surface area contributed by atoms with Gasteiger partial charge in [0.2, 0.25) is 0 Å². The van der Waals surface area contributed by atoms with Gasteiger partial charge in [0, 0.05) is 34.0 Å². The molecule has 0 fully saturated rings. The molecule has 174 valence electrons. The van der Waals surface area contributed by atoms with E-state index in [1.807, 2.05) is 24.3 Å². The van der Waals surface area contributed by atoms with Crippen molar-refractivity contribution in [2.24, 2.45) is 0 Å². The molecule has 33 heavy (non-hydrogen) atoms. The molecule has 0 bridgehead atoms. The molecule has 0 spiro atoms. The summed E-state index contributed by atoms with van der Waals surface area (Å²) in [5, 5.41) is 0.629. The average molecular weight is 535 g/mol. The highest BCUT2D eigenvalue weighted by atomic mass is 79.9. The van der Waals surface area contributed by atoms with E-state index in [0.29, 0.717) is 34.0 Å². The maximum atomic E-state index is 13.1. The molecule has 1 aliphatic rings. The van der Waals surface area contributed by atoms with Crippen molar-refractivity contribution in [3.05, 3.63) is 86.6 Å². The summed E-state index contributed by atoms with van der Waals surface area (Å²) in [6.07, 6.45) is 3.42. The van der Waals surface area contributed by atoms with Crippen LogP contribution in [0.1, 0.15) is 30.9 Å². The third-order valence-electron chi connectivity index (χ3n) is 5.04. The molecule has 1 aliphatic heterocycles. The molecule has 0 unspecified atom stereocenters. The van der Waals surface area contributed by atoms with Crippen LogP contribution >= 0.6 is 27.5 Å². The van der Waals surface area contributed by atoms with Gasteiger partial charge in [-0.15, -0.1) is 0 Å². The molecule has 3 rings (SSSR count). The van der Waals surface area contributed by atoms with Gasteiger partial charge in [-0.1, -0.05) is 39.7 Å². The summed E-state index contributed by atoms with van der Waals surface area (Å²) in [4.78, 5) is 27.9. The second-order valence-electron chi connectivity index (χ2n) is 7.23. The molecule has 2 aromatic carbocycles. The Balaban J connectivity index is 2.14. The quantitative estimate of drug-likeness (QED) is 0.411. The molecule has 0 amide bonds. The largest absolute Gasteiger partial charge is 0.496 e. The molecule has 6 nitrogen and oxygen atoms in total. The van der Waals surface area contributed by atoms with E-state index in [-0.39, 0.29) is 13.2 Å². The second kappa shape index (κ2) is 11.4. The van der Waals surface area contributed by atoms with E-state index in [4.69, 9.17) is 25.8 Å². The monoisotopic (exact) mass is 533 g/mol. The average Bonchev–Trinajstić information content (AvgIpc) is 2.80. The fourth-order valence-corrected chi connectivity index (χ4v) is 4.14. The van der Waals surface area contributed by atoms with Crippen molar-refractivity contribution in [3.63, 3.8) is 0 Å². The number of methoxy groups -OCH3 is 1. The Morgan fingerprint density at radius 1 is 0.970 bits per heavy atom. The van der Waals surface area contributed by atoms with Crippen LogP contribution in [0.2, 0.25) is 5.02 Å². The van der Waals surface area contributed by atoms with Crippen molar-refractivity contribution >= 4 is 39.5 Å². The van der Waals surface area contributed by atoms with Crippen molar-refractivity contribution < 1.29 is 23.8 Å². The first-order valence-corrected chi connectivity index (χ1v) is 11.7. The van der Waals surface area contributed by atoms with Crippen LogP contribution in [0.4, 0.5) is 0 Å². The Morgan fingerprint density at radius 3 is 2.06 bits per heavy atom. The zero-order chi connectivity index (χ0) is 24.0. The number of hydrogen-bond acceptors (Lipinski definition) is 6. The highest BCUT2D eigenvalue weighted by Crippen LogP contribution is 2.42. The molecular weight excluding hydrogens is 510 g/mol. The Hall–Kier alpha value is -2.77. The normalized spacial score (nSPS) is 13.8. The van der Waals surface area contributed by atoms with E-state index in [2.05, 4.69) is 15.9 Å². The number of benzene rings is 2. The first kappa shape index (κ1) is 24.9. The molecule has 0 radical (unpaired) electrons. The third-order valence-corrected chi connectivity index (χ3v) is 5.78. The highest BCUT2D eigenvalue weighted by molar-refractivity contribution is 9.10. The number of halogens is 2. The first-order valence-electron chi connectivity index (χ1n) is 10.5. The van der Waals surface area contributed by atoms with E-state index >= 15 is 0 Å². The maximum absolute atomic E-state index is 13.1. The summed E-state index contributed by atoms with van der Waals surface area (Å²) < 4.78 is 17.1. The van der Waals surface area contributed by atoms with Gasteiger partial charge < -0.3 is 19.1 Å². The zero-order valence-corrected chi connectivity index (χ0v) is 21.0. The standard InChI is InChI=1S/C25H25BrClNO5/c1-4-32-24(29)20-14-28(13-16-6-9-18(27)10-7-16)15-21(25(30)33-5-2)23(20)19-12-17(26)8-11-22(19)31-3/h6-12,14-15,23H,4-5,13H2,1-3H3. The second-order valence-corrected chi connectivity index (χ2v) is 8.58. The Bertz CT molecular complexity index is 1040. The molecule has 2 aromatic rings. The fourth-order valence-electron chi connectivity index (χ4n) is 3.64. The lowest BCUT2D eigenvalue weighted by Crippen LogP contribution is -2.29. The molecule has 0 aliphatic carbocycles. The van der Waals surface area contributed by atoms with Crippen molar-refractivity contribution in [1.82, 2.24) is 4.90 Å². The Morgan fingerprint density at radius 2 is 1.55 bits per heavy atom. The van der Waals surface area contributed by atoms with Crippen molar-refractivity contribution in [1.29, 1.82) is 0 Å². The number of hydrogen-bond donors (Lipinski definition) is 0. The minimum Gasteiger partial charge on any atom is -0.496 e. The minimum atomic E-state index is -0.725. The van der Waals surface area contributed by atoms with Gasteiger partial charge in [-0.05, 0) is 49.7 Å². The number of nitrogens with zero attached hydrogens (tertiary/aromatic N) is 1. The number of carbonyl (C=O) groups excluding carboxylic acids is 2. The van der Waals surface area contributed by atoms with E-state index in [1.54, 1.807) is 56.5 Å². The van der Waals surface area contributed by atoms with Gasteiger partial charge in [0.15, 0.2) is 0 Å². The lowest BCUT2D eigenvalue weighted by molar-refractivity contribution is -0.139. The van der Waals surface area contributed by atoms with E-state index in [9.17, 15) is 9.59 Å². The molecule has 0 N–H and O–H groups in total. The van der Waals surface area contributed by atoms with Crippen molar-refractivity contribution in [2.45, 2.75) is 26.3 Å². The van der Waals surface area contributed by atoms with Crippen LogP contribution in [0, 0.1) is 0 Å². The van der Waals surface area contributed by atoms with E-state index < -0.39 is 17.9 Å². The molecule has 0 atom stereocenters. The highest BCUT2D eigenvalue weighted by Gasteiger charge is 2.37. The van der Waals surface area contributed by atoms with E-state index in [1.165, 1.54) is 0 Å². The van der Waals surface area contributed by atoms with Gasteiger partial charge in [-0.25, -0.2) is 9.59 Å². The summed E-state index contributed by atoms with van der Waals surface area (Å²) in [6, 6.07) is 12.8. The summed E-state index contributed by atoms with van der Waals surface area (Å²) in [5.41, 5.74) is 2.23.